The zero-order valence-corrected chi connectivity index (χ0v) is 8.87. The highest BCUT2D eigenvalue weighted by molar-refractivity contribution is 5.63. The fraction of sp³-hybridized carbons (Fsp3) is 0.154. The molecule has 0 atom stereocenters. The first kappa shape index (κ1) is 9.71. The van der Waals surface area contributed by atoms with E-state index in [-0.39, 0.29) is 5.56 Å². The Balaban J connectivity index is 2.50. The summed E-state index contributed by atoms with van der Waals surface area (Å²) in [6.45, 7) is 4.18. The smallest absolute Gasteiger partial charge is 0.247 e. The second kappa shape index (κ2) is 3.73. The van der Waals surface area contributed by atoms with Crippen LogP contribution in [0.1, 0.15) is 11.1 Å². The van der Waals surface area contributed by atoms with Gasteiger partial charge in [0, 0.05) is 12.3 Å². The Hall–Kier alpha value is -1.83. The number of H-pyrrole nitrogens is 1. The Labute approximate surface area is 88.6 Å². The SMILES string of the molecule is Cc1ccc(-c2ccc(=O)[nH]c2)cc1C. The van der Waals surface area contributed by atoms with Crippen molar-refractivity contribution >= 4 is 0 Å². The van der Waals surface area contributed by atoms with E-state index in [9.17, 15) is 4.79 Å². The van der Waals surface area contributed by atoms with Gasteiger partial charge in [0.05, 0.1) is 0 Å². The van der Waals surface area contributed by atoms with Gasteiger partial charge in [0.1, 0.15) is 0 Å². The lowest BCUT2D eigenvalue weighted by molar-refractivity contribution is 1.24. The van der Waals surface area contributed by atoms with E-state index in [0.29, 0.717) is 0 Å². The third kappa shape index (κ3) is 1.99. The molecule has 15 heavy (non-hydrogen) atoms. The van der Waals surface area contributed by atoms with Crippen molar-refractivity contribution < 1.29 is 0 Å². The van der Waals surface area contributed by atoms with Gasteiger partial charge in [-0.1, -0.05) is 18.2 Å². The molecule has 1 aromatic carbocycles. The number of benzene rings is 1. The molecule has 1 aromatic heterocycles. The van der Waals surface area contributed by atoms with Crippen LogP contribution in [0.25, 0.3) is 11.1 Å². The van der Waals surface area contributed by atoms with E-state index in [4.69, 9.17) is 0 Å². The van der Waals surface area contributed by atoms with E-state index < -0.39 is 0 Å². The zero-order valence-electron chi connectivity index (χ0n) is 8.87. The molecule has 1 N–H and O–H groups in total. The summed E-state index contributed by atoms with van der Waals surface area (Å²) in [6, 6.07) is 9.67. The molecule has 2 nitrogen and oxygen atoms in total. The maximum Gasteiger partial charge on any atom is 0.247 e. The molecule has 0 aliphatic carbocycles. The van der Waals surface area contributed by atoms with E-state index in [1.807, 2.05) is 6.07 Å². The van der Waals surface area contributed by atoms with Crippen LogP contribution in [0.2, 0.25) is 0 Å². The van der Waals surface area contributed by atoms with Gasteiger partial charge in [0.25, 0.3) is 0 Å². The Morgan fingerprint density at radius 1 is 0.933 bits per heavy atom. The van der Waals surface area contributed by atoms with Gasteiger partial charge in [-0.25, -0.2) is 0 Å². The van der Waals surface area contributed by atoms with Crippen molar-refractivity contribution in [1.29, 1.82) is 0 Å². The zero-order chi connectivity index (χ0) is 10.8. The summed E-state index contributed by atoms with van der Waals surface area (Å²) < 4.78 is 0. The molecule has 0 unspecified atom stereocenters. The van der Waals surface area contributed by atoms with Crippen molar-refractivity contribution in [2.24, 2.45) is 0 Å². The first-order valence-corrected chi connectivity index (χ1v) is 4.93. The first-order chi connectivity index (χ1) is 7.16. The fourth-order valence-corrected chi connectivity index (χ4v) is 1.51. The molecular weight excluding hydrogens is 186 g/mol. The van der Waals surface area contributed by atoms with E-state index in [1.165, 1.54) is 11.1 Å². The molecule has 0 fully saturated rings. The summed E-state index contributed by atoms with van der Waals surface area (Å²) in [5.74, 6) is 0. The second-order valence-corrected chi connectivity index (χ2v) is 3.74. The van der Waals surface area contributed by atoms with Crippen molar-refractivity contribution in [2.45, 2.75) is 13.8 Å². The van der Waals surface area contributed by atoms with Crippen LogP contribution in [0.4, 0.5) is 0 Å². The lowest BCUT2D eigenvalue weighted by atomic mass is 10.0. The summed E-state index contributed by atoms with van der Waals surface area (Å²) in [5.41, 5.74) is 4.65. The number of aryl methyl sites for hydroxylation is 2. The highest BCUT2D eigenvalue weighted by atomic mass is 16.1. The summed E-state index contributed by atoms with van der Waals surface area (Å²) in [4.78, 5) is 13.6. The van der Waals surface area contributed by atoms with Crippen molar-refractivity contribution in [3.8, 4) is 11.1 Å². The molecule has 0 saturated carbocycles. The van der Waals surface area contributed by atoms with E-state index in [1.54, 1.807) is 12.3 Å². The van der Waals surface area contributed by atoms with Crippen LogP contribution in [-0.2, 0) is 0 Å². The quantitative estimate of drug-likeness (QED) is 0.752. The molecule has 0 radical (unpaired) electrons. The van der Waals surface area contributed by atoms with E-state index in [2.05, 4.69) is 37.0 Å². The monoisotopic (exact) mass is 199 g/mol. The van der Waals surface area contributed by atoms with Crippen LogP contribution in [0, 0.1) is 13.8 Å². The highest BCUT2D eigenvalue weighted by Gasteiger charge is 1.99. The Morgan fingerprint density at radius 3 is 2.27 bits per heavy atom. The van der Waals surface area contributed by atoms with Gasteiger partial charge >= 0.3 is 0 Å². The average molecular weight is 199 g/mol. The van der Waals surface area contributed by atoms with Crippen molar-refractivity contribution in [3.05, 3.63) is 58.0 Å². The molecule has 1 heterocycles. The minimum atomic E-state index is -0.0671. The summed E-state index contributed by atoms with van der Waals surface area (Å²) in [6.07, 6.45) is 1.74. The first-order valence-electron chi connectivity index (χ1n) is 4.93. The molecule has 0 saturated heterocycles. The lowest BCUT2D eigenvalue weighted by Gasteiger charge is -2.04. The molecular formula is C13H13NO. The number of aromatic amines is 1. The number of hydrogen-bond acceptors (Lipinski definition) is 1. The van der Waals surface area contributed by atoms with Crippen molar-refractivity contribution in [2.75, 3.05) is 0 Å². The molecule has 2 rings (SSSR count). The van der Waals surface area contributed by atoms with Crippen LogP contribution in [0.5, 0.6) is 0 Å². The second-order valence-electron chi connectivity index (χ2n) is 3.74. The number of rotatable bonds is 1. The summed E-state index contributed by atoms with van der Waals surface area (Å²) in [7, 11) is 0. The fourth-order valence-electron chi connectivity index (χ4n) is 1.51. The van der Waals surface area contributed by atoms with Crippen LogP contribution >= 0.6 is 0 Å². The maximum absolute atomic E-state index is 10.9. The molecule has 0 amide bonds. The van der Waals surface area contributed by atoms with Gasteiger partial charge in [-0.2, -0.15) is 0 Å². The standard InChI is InChI=1S/C13H13NO/c1-9-3-4-11(7-10(9)2)12-5-6-13(15)14-8-12/h3-8H,1-2H3,(H,14,15). The maximum atomic E-state index is 10.9. The lowest BCUT2D eigenvalue weighted by Crippen LogP contribution is -2.01. The number of nitrogens with one attached hydrogen (secondary N) is 1. The van der Waals surface area contributed by atoms with Gasteiger partial charge in [-0.05, 0) is 42.2 Å². The molecule has 76 valence electrons. The molecule has 0 aliphatic rings. The summed E-state index contributed by atoms with van der Waals surface area (Å²) in [5, 5.41) is 0. The third-order valence-electron chi connectivity index (χ3n) is 2.62. The Bertz CT molecular complexity index is 520. The predicted octanol–water partition coefficient (Wildman–Crippen LogP) is 2.66. The topological polar surface area (TPSA) is 32.9 Å². The Kier molecular flexibility index (Phi) is 2.42. The number of hydrogen-bond donors (Lipinski definition) is 1. The van der Waals surface area contributed by atoms with Gasteiger partial charge in [-0.15, -0.1) is 0 Å². The molecule has 2 aromatic rings. The van der Waals surface area contributed by atoms with Crippen molar-refractivity contribution in [1.82, 2.24) is 4.98 Å². The predicted molar refractivity (Wildman–Crippen MR) is 62.0 cm³/mol. The van der Waals surface area contributed by atoms with Gasteiger partial charge in [-0.3, -0.25) is 4.79 Å². The van der Waals surface area contributed by atoms with E-state index >= 15 is 0 Å². The molecule has 0 aliphatic heterocycles. The number of aromatic nitrogens is 1. The van der Waals surface area contributed by atoms with Crippen LogP contribution in [-0.4, -0.2) is 4.98 Å². The molecule has 2 heteroatoms. The molecule has 0 spiro atoms. The Morgan fingerprint density at radius 2 is 1.67 bits per heavy atom. The van der Waals surface area contributed by atoms with E-state index in [0.717, 1.165) is 11.1 Å². The normalized spacial score (nSPS) is 10.3. The number of pyridine rings is 1. The minimum Gasteiger partial charge on any atom is -0.328 e. The van der Waals surface area contributed by atoms with Gasteiger partial charge in [0.2, 0.25) is 5.56 Å². The highest BCUT2D eigenvalue weighted by Crippen LogP contribution is 2.20. The minimum absolute atomic E-state index is 0.0671. The van der Waals surface area contributed by atoms with Gasteiger partial charge < -0.3 is 4.98 Å². The van der Waals surface area contributed by atoms with Gasteiger partial charge in [0.15, 0.2) is 0 Å². The van der Waals surface area contributed by atoms with Crippen molar-refractivity contribution in [3.63, 3.8) is 0 Å². The largest absolute Gasteiger partial charge is 0.328 e. The molecule has 0 bridgehead atoms. The average Bonchev–Trinajstić information content (AvgIpc) is 2.23. The summed E-state index contributed by atoms with van der Waals surface area (Å²) >= 11 is 0. The third-order valence-corrected chi connectivity index (χ3v) is 2.62. The van der Waals surface area contributed by atoms with Crippen LogP contribution in [0.3, 0.4) is 0 Å². The van der Waals surface area contributed by atoms with Crippen LogP contribution < -0.4 is 5.56 Å². The van der Waals surface area contributed by atoms with Crippen LogP contribution in [0.15, 0.2) is 41.3 Å².